The summed E-state index contributed by atoms with van der Waals surface area (Å²) in [4.78, 5) is 24.9. The van der Waals surface area contributed by atoms with E-state index < -0.39 is 0 Å². The van der Waals surface area contributed by atoms with Gasteiger partial charge in [0.05, 0.1) is 51.2 Å². The van der Waals surface area contributed by atoms with Gasteiger partial charge in [-0.15, -0.1) is 0 Å². The molecule has 9 heteroatoms. The number of ketones is 1. The van der Waals surface area contributed by atoms with Crippen LogP contribution < -0.4 is 18.9 Å². The van der Waals surface area contributed by atoms with E-state index in [-0.39, 0.29) is 5.78 Å². The highest BCUT2D eigenvalue weighted by Crippen LogP contribution is 2.38. The summed E-state index contributed by atoms with van der Waals surface area (Å²) in [6, 6.07) is 31.0. The van der Waals surface area contributed by atoms with Crippen LogP contribution >= 0.6 is 0 Å². The van der Waals surface area contributed by atoms with E-state index in [0.29, 0.717) is 36.1 Å². The van der Waals surface area contributed by atoms with Crippen molar-refractivity contribution in [2.75, 3.05) is 28.4 Å². The number of rotatable bonds is 12. The highest BCUT2D eigenvalue weighted by Gasteiger charge is 2.30. The summed E-state index contributed by atoms with van der Waals surface area (Å²) in [5.41, 5.74) is 6.57. The second-order valence-corrected chi connectivity index (χ2v) is 11.0. The van der Waals surface area contributed by atoms with Crippen LogP contribution in [0.3, 0.4) is 0 Å². The summed E-state index contributed by atoms with van der Waals surface area (Å²) in [5, 5.41) is 0. The van der Waals surface area contributed by atoms with Gasteiger partial charge in [0, 0.05) is 35.3 Å². The summed E-state index contributed by atoms with van der Waals surface area (Å²) < 4.78 is 25.6. The maximum atomic E-state index is 14.8. The van der Waals surface area contributed by atoms with Crippen molar-refractivity contribution in [1.82, 2.24) is 19.1 Å². The van der Waals surface area contributed by atoms with Crippen molar-refractivity contribution < 1.29 is 23.7 Å². The number of carbonyl (C=O) groups excluding carboxylic acids is 1. The Hall–Kier alpha value is -5.83. The second kappa shape index (κ2) is 13.9. The van der Waals surface area contributed by atoms with Crippen molar-refractivity contribution in [3.8, 4) is 68.0 Å². The minimum Gasteiger partial charge on any atom is -0.497 e. The van der Waals surface area contributed by atoms with Gasteiger partial charge in [-0.2, -0.15) is 0 Å². The Labute approximate surface area is 280 Å². The molecule has 0 bridgehead atoms. The van der Waals surface area contributed by atoms with Crippen molar-refractivity contribution >= 4 is 5.78 Å². The molecule has 0 aliphatic rings. The summed E-state index contributed by atoms with van der Waals surface area (Å²) in [6.45, 7) is 5.05. The third-order valence-electron chi connectivity index (χ3n) is 8.43. The average Bonchev–Trinajstić information content (AvgIpc) is 3.74. The Morgan fingerprint density at radius 3 is 1.00 bits per heavy atom. The number of hydrogen-bond donors (Lipinski definition) is 0. The molecule has 0 radical (unpaired) electrons. The lowest BCUT2D eigenvalue weighted by Crippen LogP contribution is -2.17. The molecule has 6 rings (SSSR count). The molecule has 0 spiro atoms. The molecule has 0 N–H and O–H groups in total. The van der Waals surface area contributed by atoms with Gasteiger partial charge in [0.2, 0.25) is 0 Å². The summed E-state index contributed by atoms with van der Waals surface area (Å²) in [6.07, 6.45) is 0. The van der Waals surface area contributed by atoms with Crippen LogP contribution in [-0.2, 0) is 13.1 Å². The van der Waals surface area contributed by atoms with Crippen molar-refractivity contribution in [3.05, 3.63) is 109 Å². The fraction of sp³-hybridized carbons (Fsp3) is 0.205. The van der Waals surface area contributed by atoms with Crippen LogP contribution in [0.4, 0.5) is 0 Å². The topological polar surface area (TPSA) is 89.6 Å². The van der Waals surface area contributed by atoms with Gasteiger partial charge in [-0.25, -0.2) is 9.97 Å². The Balaban J connectivity index is 1.57. The lowest BCUT2D eigenvalue weighted by molar-refractivity contribution is 0.101. The first-order valence-electron chi connectivity index (χ1n) is 15.8. The Morgan fingerprint density at radius 2 is 0.750 bits per heavy atom. The molecule has 2 aromatic heterocycles. The zero-order chi connectivity index (χ0) is 33.8. The van der Waals surface area contributed by atoms with Crippen LogP contribution in [0.15, 0.2) is 97.1 Å². The fourth-order valence-corrected chi connectivity index (χ4v) is 5.95. The standard InChI is InChI=1S/C39H38N4O5/c1-7-42-35(27-13-21-31(47-5)22-14-27)33(25-9-17-29(45-3)18-10-25)40-38(42)37(44)39-41-34(26-11-19-30(46-4)20-12-26)36(43(39)8-2)28-15-23-32(48-6)24-16-28/h9-24H,7-8H2,1-6H3. The predicted molar refractivity (Wildman–Crippen MR) is 187 cm³/mol. The van der Waals surface area contributed by atoms with E-state index in [1.807, 2.05) is 120 Å². The maximum absolute atomic E-state index is 14.8. The van der Waals surface area contributed by atoms with Gasteiger partial charge in [-0.1, -0.05) is 0 Å². The van der Waals surface area contributed by atoms with E-state index in [2.05, 4.69) is 0 Å². The van der Waals surface area contributed by atoms with Crippen LogP contribution in [0, 0.1) is 0 Å². The quantitative estimate of drug-likeness (QED) is 0.125. The normalized spacial score (nSPS) is 11.0. The Bertz CT molecular complexity index is 1880. The van der Waals surface area contributed by atoms with Gasteiger partial charge in [-0.3, -0.25) is 4.79 Å². The first-order valence-corrected chi connectivity index (χ1v) is 15.8. The molecule has 0 atom stereocenters. The molecule has 244 valence electrons. The van der Waals surface area contributed by atoms with Crippen LogP contribution in [0.25, 0.3) is 45.0 Å². The van der Waals surface area contributed by atoms with Gasteiger partial charge in [0.25, 0.3) is 5.78 Å². The molecule has 48 heavy (non-hydrogen) atoms. The third kappa shape index (κ3) is 5.90. The SMILES string of the molecule is CCn1c(C(=O)c2nc(-c3ccc(OC)cc3)c(-c3ccc(OC)cc3)n2CC)nc(-c2ccc(OC)cc2)c1-c1ccc(OC)cc1. The molecule has 0 fully saturated rings. The Kier molecular flexibility index (Phi) is 9.29. The van der Waals surface area contributed by atoms with Crippen molar-refractivity contribution in [1.29, 1.82) is 0 Å². The summed E-state index contributed by atoms with van der Waals surface area (Å²) in [7, 11) is 6.55. The second-order valence-electron chi connectivity index (χ2n) is 11.0. The average molecular weight is 643 g/mol. The number of carbonyl (C=O) groups is 1. The van der Waals surface area contributed by atoms with Crippen molar-refractivity contribution in [2.45, 2.75) is 26.9 Å². The predicted octanol–water partition coefficient (Wildman–Crippen LogP) is 8.05. The van der Waals surface area contributed by atoms with Gasteiger partial charge < -0.3 is 28.1 Å². The summed E-state index contributed by atoms with van der Waals surface area (Å²) in [5.74, 6) is 3.28. The van der Waals surface area contributed by atoms with E-state index >= 15 is 0 Å². The largest absolute Gasteiger partial charge is 0.497 e. The molecule has 0 saturated carbocycles. The first-order chi connectivity index (χ1) is 23.4. The lowest BCUT2D eigenvalue weighted by Gasteiger charge is -2.13. The highest BCUT2D eigenvalue weighted by atomic mass is 16.5. The van der Waals surface area contributed by atoms with E-state index in [4.69, 9.17) is 28.9 Å². The molecular formula is C39H38N4O5. The minimum absolute atomic E-state index is 0.275. The summed E-state index contributed by atoms with van der Waals surface area (Å²) >= 11 is 0. The monoisotopic (exact) mass is 642 g/mol. The maximum Gasteiger partial charge on any atom is 0.263 e. The highest BCUT2D eigenvalue weighted by molar-refractivity contribution is 6.07. The molecule has 0 aliphatic carbocycles. The molecule has 6 aromatic rings. The van der Waals surface area contributed by atoms with E-state index in [9.17, 15) is 4.79 Å². The third-order valence-corrected chi connectivity index (χ3v) is 8.43. The number of aromatic nitrogens is 4. The first kappa shape index (κ1) is 32.1. The van der Waals surface area contributed by atoms with E-state index in [1.54, 1.807) is 28.4 Å². The molecule has 0 aliphatic heterocycles. The van der Waals surface area contributed by atoms with E-state index in [1.165, 1.54) is 0 Å². The number of hydrogen-bond acceptors (Lipinski definition) is 7. The van der Waals surface area contributed by atoms with Gasteiger partial charge >= 0.3 is 0 Å². The number of benzene rings is 4. The number of ether oxygens (including phenoxy) is 4. The smallest absolute Gasteiger partial charge is 0.263 e. The number of nitrogens with zero attached hydrogens (tertiary/aromatic N) is 4. The van der Waals surface area contributed by atoms with Crippen LogP contribution in [-0.4, -0.2) is 53.3 Å². The van der Waals surface area contributed by atoms with Crippen molar-refractivity contribution in [2.24, 2.45) is 0 Å². The van der Waals surface area contributed by atoms with Crippen LogP contribution in [0.2, 0.25) is 0 Å². The molecule has 0 saturated heterocycles. The molecule has 4 aromatic carbocycles. The van der Waals surface area contributed by atoms with Crippen molar-refractivity contribution in [3.63, 3.8) is 0 Å². The van der Waals surface area contributed by atoms with Crippen LogP contribution in [0.5, 0.6) is 23.0 Å². The van der Waals surface area contributed by atoms with Gasteiger partial charge in [0.1, 0.15) is 23.0 Å². The van der Waals surface area contributed by atoms with Crippen LogP contribution in [0.1, 0.15) is 30.3 Å². The zero-order valence-electron chi connectivity index (χ0n) is 28.0. The molecular weight excluding hydrogens is 604 g/mol. The zero-order valence-corrected chi connectivity index (χ0v) is 28.0. The Morgan fingerprint density at radius 1 is 0.479 bits per heavy atom. The molecule has 2 heterocycles. The minimum atomic E-state index is -0.275. The van der Waals surface area contributed by atoms with Gasteiger partial charge in [-0.05, 0) is 111 Å². The lowest BCUT2D eigenvalue weighted by atomic mass is 10.0. The number of methoxy groups -OCH3 is 4. The number of imidazole rings is 2. The van der Waals surface area contributed by atoms with E-state index in [0.717, 1.165) is 56.6 Å². The van der Waals surface area contributed by atoms with Gasteiger partial charge in [0.15, 0.2) is 11.6 Å². The fourth-order valence-electron chi connectivity index (χ4n) is 5.95. The molecule has 0 amide bonds. The molecule has 0 unspecified atom stereocenters. The molecule has 9 nitrogen and oxygen atoms in total.